The van der Waals surface area contributed by atoms with Crippen LogP contribution in [0.3, 0.4) is 0 Å². The van der Waals surface area contributed by atoms with Gasteiger partial charge in [0.1, 0.15) is 11.4 Å². The molecule has 1 aromatic rings. The van der Waals surface area contributed by atoms with Crippen molar-refractivity contribution >= 4 is 11.9 Å². The second-order valence-electron chi connectivity index (χ2n) is 8.89. The lowest BCUT2D eigenvalue weighted by molar-refractivity contribution is -0.141. The number of hydrogen-bond acceptors (Lipinski definition) is 4. The lowest BCUT2D eigenvalue weighted by Gasteiger charge is -2.44. The van der Waals surface area contributed by atoms with Crippen molar-refractivity contribution in [2.45, 2.75) is 68.6 Å². The van der Waals surface area contributed by atoms with E-state index in [1.165, 1.54) is 29.7 Å². The van der Waals surface area contributed by atoms with Gasteiger partial charge in [0.25, 0.3) is 5.91 Å². The predicted octanol–water partition coefficient (Wildman–Crippen LogP) is 3.13. The fourth-order valence-electron chi connectivity index (χ4n) is 5.33. The number of amides is 3. The van der Waals surface area contributed by atoms with Crippen LogP contribution in [0.25, 0.3) is 0 Å². The van der Waals surface area contributed by atoms with Crippen LogP contribution in [0.4, 0.5) is 4.79 Å². The molecule has 28 heavy (non-hydrogen) atoms. The van der Waals surface area contributed by atoms with E-state index in [-0.39, 0.29) is 18.0 Å². The van der Waals surface area contributed by atoms with Gasteiger partial charge in [-0.3, -0.25) is 9.69 Å². The number of aryl methyl sites for hydroxylation is 1. The molecular weight excluding hydrogens is 356 g/mol. The number of likely N-dealkylation sites (N-methyl/N-ethyl adjacent to an activating group) is 1. The average molecular weight is 384 g/mol. The van der Waals surface area contributed by atoms with Crippen molar-refractivity contribution < 1.29 is 19.1 Å². The molecule has 1 atom stereocenters. The van der Waals surface area contributed by atoms with Crippen molar-refractivity contribution in [2.75, 3.05) is 14.2 Å². The second kappa shape index (κ2) is 6.21. The van der Waals surface area contributed by atoms with Gasteiger partial charge in [-0.25, -0.2) is 4.79 Å². The minimum absolute atomic E-state index is 0.175. The Morgan fingerprint density at radius 3 is 2.57 bits per heavy atom. The summed E-state index contributed by atoms with van der Waals surface area (Å²) in [5.41, 5.74) is 0.187. The first-order valence-electron chi connectivity index (χ1n) is 10.4. The van der Waals surface area contributed by atoms with E-state index in [4.69, 9.17) is 9.47 Å². The molecule has 1 aromatic carbocycles. The molecular formula is C22H28N2O4. The number of nitrogens with one attached hydrogen (secondary N) is 1. The van der Waals surface area contributed by atoms with Crippen molar-refractivity contribution in [1.29, 1.82) is 0 Å². The number of carbonyl (C=O) groups excluding carboxylic acids is 2. The number of fused-ring (bicyclic) bond motifs is 3. The first-order chi connectivity index (χ1) is 13.5. The van der Waals surface area contributed by atoms with Gasteiger partial charge in [-0.1, -0.05) is 18.9 Å². The number of carbonyl (C=O) groups is 2. The molecule has 0 radical (unpaired) electrons. The zero-order chi connectivity index (χ0) is 19.5. The summed E-state index contributed by atoms with van der Waals surface area (Å²) in [6.07, 6.45) is 8.02. The molecule has 2 saturated carbocycles. The molecule has 2 aliphatic carbocycles. The van der Waals surface area contributed by atoms with E-state index in [0.717, 1.165) is 36.5 Å². The number of methoxy groups -OCH3 is 1. The topological polar surface area (TPSA) is 67.9 Å². The van der Waals surface area contributed by atoms with Crippen LogP contribution < -0.4 is 10.1 Å². The maximum Gasteiger partial charge on any atom is 0.325 e. The molecule has 0 bridgehead atoms. The maximum atomic E-state index is 13.4. The smallest absolute Gasteiger partial charge is 0.325 e. The van der Waals surface area contributed by atoms with Crippen molar-refractivity contribution in [2.24, 2.45) is 5.92 Å². The van der Waals surface area contributed by atoms with E-state index in [9.17, 15) is 9.59 Å². The standard InChI is InChI=1S/C22H28N2O4/c1-24-19(25)22(23-20(24)26)17-13-15(6-5-14-3-4-14)7-8-18(17)28-21(22)11-9-16(27-2)10-12-21/h7-8,13-14,16H,3-6,9-12H2,1-2H3,(H,23,26). The molecule has 2 aliphatic heterocycles. The van der Waals surface area contributed by atoms with E-state index in [2.05, 4.69) is 17.4 Å². The molecule has 3 fully saturated rings. The fraction of sp³-hybridized carbons (Fsp3) is 0.636. The van der Waals surface area contributed by atoms with Crippen molar-refractivity contribution in [1.82, 2.24) is 10.2 Å². The van der Waals surface area contributed by atoms with Crippen molar-refractivity contribution in [3.8, 4) is 5.75 Å². The SMILES string of the molecule is COC1CCC2(CC1)Oc1ccc(CCC3CC3)cc1C21NC(=O)N(C)C1=O. The first kappa shape index (κ1) is 18.0. The lowest BCUT2D eigenvalue weighted by Crippen LogP contribution is -2.63. The quantitative estimate of drug-likeness (QED) is 0.810. The van der Waals surface area contributed by atoms with Crippen LogP contribution in [0.5, 0.6) is 5.75 Å². The molecule has 2 spiro atoms. The van der Waals surface area contributed by atoms with Crippen molar-refractivity contribution in [3.63, 3.8) is 0 Å². The number of benzene rings is 1. The number of nitrogens with zero attached hydrogens (tertiary/aromatic N) is 1. The first-order valence-corrected chi connectivity index (χ1v) is 10.4. The summed E-state index contributed by atoms with van der Waals surface area (Å²) in [4.78, 5) is 27.2. The third kappa shape index (κ3) is 2.43. The Labute approximate surface area is 165 Å². The highest BCUT2D eigenvalue weighted by Crippen LogP contribution is 2.56. The molecule has 2 heterocycles. The number of urea groups is 1. The summed E-state index contributed by atoms with van der Waals surface area (Å²) in [6.45, 7) is 0. The Morgan fingerprint density at radius 1 is 1.21 bits per heavy atom. The van der Waals surface area contributed by atoms with Gasteiger partial charge >= 0.3 is 6.03 Å². The normalized spacial score (nSPS) is 34.1. The molecule has 6 nitrogen and oxygen atoms in total. The monoisotopic (exact) mass is 384 g/mol. The average Bonchev–Trinajstić information content (AvgIpc) is 3.47. The second-order valence-corrected chi connectivity index (χ2v) is 8.89. The van der Waals surface area contributed by atoms with Gasteiger partial charge in [-0.15, -0.1) is 0 Å². The van der Waals surface area contributed by atoms with E-state index in [0.29, 0.717) is 12.8 Å². The molecule has 1 saturated heterocycles. The van der Waals surface area contributed by atoms with Crippen LogP contribution >= 0.6 is 0 Å². The highest BCUT2D eigenvalue weighted by atomic mass is 16.5. The van der Waals surface area contributed by atoms with Gasteiger partial charge in [0.05, 0.1) is 6.10 Å². The number of hydrogen-bond donors (Lipinski definition) is 1. The summed E-state index contributed by atoms with van der Waals surface area (Å²) in [6, 6.07) is 5.86. The van der Waals surface area contributed by atoms with Gasteiger partial charge in [0.2, 0.25) is 0 Å². The third-order valence-corrected chi connectivity index (χ3v) is 7.27. The molecule has 6 heteroatoms. The summed E-state index contributed by atoms with van der Waals surface area (Å²) in [7, 11) is 3.28. The van der Waals surface area contributed by atoms with Crippen LogP contribution in [0.1, 0.15) is 56.1 Å². The molecule has 4 aliphatic rings. The lowest BCUT2D eigenvalue weighted by atomic mass is 9.68. The summed E-state index contributed by atoms with van der Waals surface area (Å²) in [5.74, 6) is 1.38. The molecule has 5 rings (SSSR count). The molecule has 1 N–H and O–H groups in total. The van der Waals surface area contributed by atoms with Gasteiger partial charge in [0.15, 0.2) is 5.54 Å². The number of ether oxygens (including phenoxy) is 2. The summed E-state index contributed by atoms with van der Waals surface area (Å²) < 4.78 is 12.0. The Kier molecular flexibility index (Phi) is 3.99. The largest absolute Gasteiger partial charge is 0.483 e. The van der Waals surface area contributed by atoms with Gasteiger partial charge < -0.3 is 14.8 Å². The highest BCUT2D eigenvalue weighted by Gasteiger charge is 2.70. The molecule has 0 aromatic heterocycles. The molecule has 3 amide bonds. The van der Waals surface area contributed by atoms with Gasteiger partial charge in [-0.05, 0) is 62.1 Å². The molecule has 150 valence electrons. The van der Waals surface area contributed by atoms with Crippen LogP contribution in [0.15, 0.2) is 18.2 Å². The van der Waals surface area contributed by atoms with Crippen LogP contribution in [0.2, 0.25) is 0 Å². The minimum Gasteiger partial charge on any atom is -0.483 e. The van der Waals surface area contributed by atoms with E-state index < -0.39 is 11.1 Å². The summed E-state index contributed by atoms with van der Waals surface area (Å²) >= 11 is 0. The zero-order valence-electron chi connectivity index (χ0n) is 16.6. The van der Waals surface area contributed by atoms with Crippen LogP contribution in [-0.4, -0.2) is 42.7 Å². The van der Waals surface area contributed by atoms with Crippen LogP contribution in [-0.2, 0) is 21.5 Å². The third-order valence-electron chi connectivity index (χ3n) is 7.27. The Morgan fingerprint density at radius 2 is 1.96 bits per heavy atom. The van der Waals surface area contributed by atoms with Gasteiger partial charge in [0, 0.05) is 19.7 Å². The Balaban J connectivity index is 1.56. The number of imide groups is 1. The zero-order valence-corrected chi connectivity index (χ0v) is 16.6. The fourth-order valence-corrected chi connectivity index (χ4v) is 5.33. The van der Waals surface area contributed by atoms with E-state index in [1.54, 1.807) is 14.2 Å². The molecule has 1 unspecified atom stereocenters. The number of rotatable bonds is 4. The summed E-state index contributed by atoms with van der Waals surface area (Å²) in [5, 5.41) is 3.05. The van der Waals surface area contributed by atoms with E-state index >= 15 is 0 Å². The minimum atomic E-state index is -1.12. The maximum absolute atomic E-state index is 13.4. The van der Waals surface area contributed by atoms with E-state index in [1.807, 2.05) is 6.07 Å². The van der Waals surface area contributed by atoms with Crippen molar-refractivity contribution in [3.05, 3.63) is 29.3 Å². The predicted molar refractivity (Wildman–Crippen MR) is 103 cm³/mol. The van der Waals surface area contributed by atoms with Crippen LogP contribution in [0, 0.1) is 5.92 Å². The van der Waals surface area contributed by atoms with Gasteiger partial charge in [-0.2, -0.15) is 0 Å². The highest BCUT2D eigenvalue weighted by molar-refractivity contribution is 6.09. The Hall–Kier alpha value is -2.08. The Bertz CT molecular complexity index is 826.